The van der Waals surface area contributed by atoms with E-state index < -0.39 is 6.10 Å². The number of nitrogens with one attached hydrogen (secondary N) is 2. The predicted molar refractivity (Wildman–Crippen MR) is 73.8 cm³/mol. The number of benzene rings is 1. The first kappa shape index (κ1) is 15.2. The van der Waals surface area contributed by atoms with Crippen LogP contribution in [-0.4, -0.2) is 30.1 Å². The summed E-state index contributed by atoms with van der Waals surface area (Å²) in [5, 5.41) is 14.5. The van der Waals surface area contributed by atoms with Crippen molar-refractivity contribution in [2.45, 2.75) is 32.3 Å². The maximum absolute atomic E-state index is 11.7. The molecule has 0 radical (unpaired) electrons. The highest BCUT2D eigenvalue weighted by molar-refractivity contribution is 5.92. The van der Waals surface area contributed by atoms with Gasteiger partial charge in [-0.15, -0.1) is 0 Å². The SMILES string of the molecule is CNC(=O)Cc1ccccc1NC(=O)CCC(C)O. The fraction of sp³-hybridized carbons (Fsp3) is 0.429. The van der Waals surface area contributed by atoms with Crippen LogP contribution in [0.4, 0.5) is 5.69 Å². The zero-order valence-electron chi connectivity index (χ0n) is 11.3. The summed E-state index contributed by atoms with van der Waals surface area (Å²) in [4.78, 5) is 23.1. The van der Waals surface area contributed by atoms with E-state index in [1.54, 1.807) is 32.2 Å². The molecule has 1 rings (SSSR count). The lowest BCUT2D eigenvalue weighted by atomic mass is 10.1. The Kier molecular flexibility index (Phi) is 6.02. The van der Waals surface area contributed by atoms with Gasteiger partial charge in [0, 0.05) is 19.2 Å². The van der Waals surface area contributed by atoms with Crippen LogP contribution in [0.1, 0.15) is 25.3 Å². The summed E-state index contributed by atoms with van der Waals surface area (Å²) in [5.74, 6) is -0.268. The maximum Gasteiger partial charge on any atom is 0.224 e. The maximum atomic E-state index is 11.7. The predicted octanol–water partition coefficient (Wildman–Crippen LogP) is 1.07. The van der Waals surface area contributed by atoms with E-state index in [0.29, 0.717) is 12.1 Å². The third kappa shape index (κ3) is 5.52. The van der Waals surface area contributed by atoms with Gasteiger partial charge in [-0.05, 0) is 25.0 Å². The van der Waals surface area contributed by atoms with Gasteiger partial charge in [0.2, 0.25) is 11.8 Å². The Morgan fingerprint density at radius 3 is 2.58 bits per heavy atom. The Bertz CT molecular complexity index is 444. The lowest BCUT2D eigenvalue weighted by molar-refractivity contribution is -0.120. The fourth-order valence-corrected chi connectivity index (χ4v) is 1.61. The monoisotopic (exact) mass is 264 g/mol. The summed E-state index contributed by atoms with van der Waals surface area (Å²) in [6.07, 6.45) is 0.408. The van der Waals surface area contributed by atoms with E-state index in [4.69, 9.17) is 5.11 Å². The summed E-state index contributed by atoms with van der Waals surface area (Å²) in [6, 6.07) is 7.19. The van der Waals surface area contributed by atoms with Crippen LogP contribution in [0.3, 0.4) is 0 Å². The second kappa shape index (κ2) is 7.53. The average molecular weight is 264 g/mol. The van der Waals surface area contributed by atoms with Crippen LogP contribution in [0, 0.1) is 0 Å². The lowest BCUT2D eigenvalue weighted by Crippen LogP contribution is -2.21. The molecule has 5 nitrogen and oxygen atoms in total. The molecule has 1 atom stereocenters. The van der Waals surface area contributed by atoms with Gasteiger partial charge in [-0.1, -0.05) is 18.2 Å². The molecule has 0 heterocycles. The third-order valence-corrected chi connectivity index (χ3v) is 2.71. The zero-order chi connectivity index (χ0) is 14.3. The van der Waals surface area contributed by atoms with Gasteiger partial charge in [0.05, 0.1) is 12.5 Å². The molecule has 0 aliphatic carbocycles. The van der Waals surface area contributed by atoms with Crippen molar-refractivity contribution in [3.63, 3.8) is 0 Å². The van der Waals surface area contributed by atoms with Crippen LogP contribution in [0.2, 0.25) is 0 Å². The Hall–Kier alpha value is -1.88. The molecule has 5 heteroatoms. The van der Waals surface area contributed by atoms with Gasteiger partial charge in [-0.2, -0.15) is 0 Å². The minimum absolute atomic E-state index is 0.106. The summed E-state index contributed by atoms with van der Waals surface area (Å²) < 4.78 is 0. The fourth-order valence-electron chi connectivity index (χ4n) is 1.61. The molecule has 0 saturated heterocycles. The van der Waals surface area contributed by atoms with Crippen LogP contribution in [0.5, 0.6) is 0 Å². The normalized spacial score (nSPS) is 11.7. The first-order valence-electron chi connectivity index (χ1n) is 6.29. The number of hydrogen-bond donors (Lipinski definition) is 3. The Morgan fingerprint density at radius 2 is 1.95 bits per heavy atom. The number of hydrogen-bond acceptors (Lipinski definition) is 3. The van der Waals surface area contributed by atoms with Gasteiger partial charge in [0.1, 0.15) is 0 Å². The van der Waals surface area contributed by atoms with Gasteiger partial charge in [-0.3, -0.25) is 9.59 Å². The topological polar surface area (TPSA) is 78.4 Å². The molecule has 0 aliphatic heterocycles. The van der Waals surface area contributed by atoms with Gasteiger partial charge in [0.15, 0.2) is 0 Å². The quantitative estimate of drug-likeness (QED) is 0.719. The van der Waals surface area contributed by atoms with Crippen LogP contribution in [0.25, 0.3) is 0 Å². The smallest absolute Gasteiger partial charge is 0.224 e. The second-order valence-corrected chi connectivity index (χ2v) is 4.44. The molecule has 0 bridgehead atoms. The molecule has 0 saturated carbocycles. The number of anilines is 1. The highest BCUT2D eigenvalue weighted by Crippen LogP contribution is 2.16. The molecule has 2 amide bonds. The van der Waals surface area contributed by atoms with Crippen molar-refractivity contribution in [2.75, 3.05) is 12.4 Å². The van der Waals surface area contributed by atoms with Crippen molar-refractivity contribution in [3.05, 3.63) is 29.8 Å². The molecular weight excluding hydrogens is 244 g/mol. The van der Waals surface area contributed by atoms with Crippen molar-refractivity contribution in [2.24, 2.45) is 0 Å². The standard InChI is InChI=1S/C14H20N2O3/c1-10(17)7-8-13(18)16-12-6-4-3-5-11(12)9-14(19)15-2/h3-6,10,17H,7-9H2,1-2H3,(H,15,19)(H,16,18). The number of amides is 2. The van der Waals surface area contributed by atoms with E-state index in [1.807, 2.05) is 6.07 Å². The first-order valence-corrected chi connectivity index (χ1v) is 6.29. The van der Waals surface area contributed by atoms with Gasteiger partial charge < -0.3 is 15.7 Å². The number of carbonyl (C=O) groups excluding carboxylic acids is 2. The van der Waals surface area contributed by atoms with Crippen molar-refractivity contribution in [1.82, 2.24) is 5.32 Å². The molecule has 104 valence electrons. The van der Waals surface area contributed by atoms with Crippen LogP contribution >= 0.6 is 0 Å². The molecule has 19 heavy (non-hydrogen) atoms. The average Bonchev–Trinajstić information content (AvgIpc) is 2.38. The molecule has 1 unspecified atom stereocenters. The number of para-hydroxylation sites is 1. The van der Waals surface area contributed by atoms with Crippen molar-refractivity contribution in [1.29, 1.82) is 0 Å². The Labute approximate surface area is 113 Å². The minimum Gasteiger partial charge on any atom is -0.393 e. The van der Waals surface area contributed by atoms with Gasteiger partial charge in [0.25, 0.3) is 0 Å². The molecule has 0 aliphatic rings. The van der Waals surface area contributed by atoms with E-state index in [9.17, 15) is 9.59 Å². The number of rotatable bonds is 6. The molecule has 1 aromatic rings. The van der Waals surface area contributed by atoms with E-state index >= 15 is 0 Å². The third-order valence-electron chi connectivity index (χ3n) is 2.71. The Balaban J connectivity index is 2.67. The number of likely N-dealkylation sites (N-methyl/N-ethyl adjacent to an activating group) is 1. The number of aliphatic hydroxyl groups is 1. The summed E-state index contributed by atoms with van der Waals surface area (Å²) in [6.45, 7) is 1.65. The van der Waals surface area contributed by atoms with E-state index in [1.165, 1.54) is 0 Å². The van der Waals surface area contributed by atoms with Crippen LogP contribution in [-0.2, 0) is 16.0 Å². The minimum atomic E-state index is -0.494. The molecule has 0 aromatic heterocycles. The van der Waals surface area contributed by atoms with Crippen LogP contribution in [0.15, 0.2) is 24.3 Å². The number of aliphatic hydroxyl groups excluding tert-OH is 1. The first-order chi connectivity index (χ1) is 9.02. The van der Waals surface area contributed by atoms with Crippen molar-refractivity contribution >= 4 is 17.5 Å². The largest absolute Gasteiger partial charge is 0.393 e. The van der Waals surface area contributed by atoms with Gasteiger partial charge in [-0.25, -0.2) is 0 Å². The molecule has 0 spiro atoms. The zero-order valence-corrected chi connectivity index (χ0v) is 11.3. The van der Waals surface area contributed by atoms with Gasteiger partial charge >= 0.3 is 0 Å². The van der Waals surface area contributed by atoms with Crippen LogP contribution < -0.4 is 10.6 Å². The summed E-state index contributed by atoms with van der Waals surface area (Å²) in [5.41, 5.74) is 1.41. The molecule has 3 N–H and O–H groups in total. The molecular formula is C14H20N2O3. The highest BCUT2D eigenvalue weighted by atomic mass is 16.3. The lowest BCUT2D eigenvalue weighted by Gasteiger charge is -2.11. The second-order valence-electron chi connectivity index (χ2n) is 4.44. The van der Waals surface area contributed by atoms with E-state index in [0.717, 1.165) is 5.56 Å². The van der Waals surface area contributed by atoms with Crippen molar-refractivity contribution in [3.8, 4) is 0 Å². The highest BCUT2D eigenvalue weighted by Gasteiger charge is 2.10. The summed E-state index contributed by atoms with van der Waals surface area (Å²) >= 11 is 0. The molecule has 0 fully saturated rings. The summed E-state index contributed by atoms with van der Waals surface area (Å²) in [7, 11) is 1.58. The van der Waals surface area contributed by atoms with Crippen molar-refractivity contribution < 1.29 is 14.7 Å². The van der Waals surface area contributed by atoms with E-state index in [2.05, 4.69) is 10.6 Å². The van der Waals surface area contributed by atoms with E-state index in [-0.39, 0.29) is 24.7 Å². The Morgan fingerprint density at radius 1 is 1.26 bits per heavy atom. The molecule has 1 aromatic carbocycles. The number of carbonyl (C=O) groups is 2.